The number of benzene rings is 3. The molecule has 0 saturated carbocycles. The maximum Gasteiger partial charge on any atom is 0.335 e. The standard InChI is InChI=1S/C32H26N4O4S/c1-39-24-14-16-26(17-15-24)40-25-12-10-22(11-13-25)36-30(29(34-32(36)41)27-8-2-3-18-33-27)28-9-5-19-35(28)23-7-4-6-21(20-23)31(37)38/h2-20,29-30H,1H3,(H,34,41)(H,37,38)/t29-,30-/m0/s1. The summed E-state index contributed by atoms with van der Waals surface area (Å²) in [6.07, 6.45) is 3.69. The Bertz CT molecular complexity index is 1690. The van der Waals surface area contributed by atoms with Crippen LogP contribution in [0.3, 0.4) is 0 Å². The van der Waals surface area contributed by atoms with Gasteiger partial charge in [-0.3, -0.25) is 4.98 Å². The molecule has 2 atom stereocenters. The number of pyridine rings is 1. The molecule has 0 bridgehead atoms. The maximum atomic E-state index is 11.7. The highest BCUT2D eigenvalue weighted by Crippen LogP contribution is 2.42. The van der Waals surface area contributed by atoms with Gasteiger partial charge in [0, 0.05) is 29.5 Å². The quantitative estimate of drug-likeness (QED) is 0.206. The van der Waals surface area contributed by atoms with Crippen LogP contribution in [-0.2, 0) is 0 Å². The van der Waals surface area contributed by atoms with E-state index in [9.17, 15) is 9.90 Å². The topological polar surface area (TPSA) is 88.9 Å². The number of nitrogens with zero attached hydrogens (tertiary/aromatic N) is 3. The Morgan fingerprint density at radius 1 is 0.878 bits per heavy atom. The van der Waals surface area contributed by atoms with Crippen LogP contribution in [0.5, 0.6) is 17.2 Å². The normalized spacial score (nSPS) is 16.3. The summed E-state index contributed by atoms with van der Waals surface area (Å²) in [6, 6.07) is 31.3. The van der Waals surface area contributed by atoms with Crippen molar-refractivity contribution in [3.8, 4) is 22.9 Å². The van der Waals surface area contributed by atoms with Gasteiger partial charge in [0.1, 0.15) is 23.3 Å². The number of nitrogens with one attached hydrogen (secondary N) is 1. The lowest BCUT2D eigenvalue weighted by atomic mass is 10.0. The van der Waals surface area contributed by atoms with Crippen molar-refractivity contribution in [2.45, 2.75) is 12.1 Å². The lowest BCUT2D eigenvalue weighted by Gasteiger charge is -2.29. The Kier molecular flexibility index (Phi) is 7.09. The minimum atomic E-state index is -0.978. The van der Waals surface area contributed by atoms with Gasteiger partial charge in [-0.25, -0.2) is 4.79 Å². The zero-order chi connectivity index (χ0) is 28.3. The van der Waals surface area contributed by atoms with Crippen molar-refractivity contribution in [3.63, 3.8) is 0 Å². The molecule has 6 rings (SSSR count). The number of methoxy groups -OCH3 is 1. The number of anilines is 1. The number of carboxylic acids is 1. The van der Waals surface area contributed by atoms with Crippen LogP contribution in [-0.4, -0.2) is 32.8 Å². The van der Waals surface area contributed by atoms with Crippen LogP contribution in [0.15, 0.2) is 116 Å². The third-order valence-corrected chi connectivity index (χ3v) is 7.28. The van der Waals surface area contributed by atoms with Crippen LogP contribution in [0.2, 0.25) is 0 Å². The monoisotopic (exact) mass is 562 g/mol. The molecule has 0 aliphatic carbocycles. The number of aromatic nitrogens is 2. The first-order chi connectivity index (χ1) is 20.0. The fourth-order valence-electron chi connectivity index (χ4n) is 5.05. The van der Waals surface area contributed by atoms with Crippen molar-refractivity contribution in [1.82, 2.24) is 14.9 Å². The Hall–Kier alpha value is -5.15. The fraction of sp³-hybridized carbons (Fsp3) is 0.0938. The fourth-order valence-corrected chi connectivity index (χ4v) is 5.39. The average molecular weight is 563 g/mol. The largest absolute Gasteiger partial charge is 0.497 e. The van der Waals surface area contributed by atoms with Gasteiger partial charge in [-0.2, -0.15) is 0 Å². The van der Waals surface area contributed by atoms with E-state index in [0.717, 1.165) is 28.5 Å². The highest BCUT2D eigenvalue weighted by atomic mass is 32.1. The van der Waals surface area contributed by atoms with Crippen LogP contribution in [0, 0.1) is 0 Å². The number of hydrogen-bond donors (Lipinski definition) is 2. The van der Waals surface area contributed by atoms with Crippen LogP contribution in [0.4, 0.5) is 5.69 Å². The molecule has 204 valence electrons. The van der Waals surface area contributed by atoms with Gasteiger partial charge in [-0.15, -0.1) is 0 Å². The molecule has 0 spiro atoms. The van der Waals surface area contributed by atoms with Gasteiger partial charge < -0.3 is 29.4 Å². The van der Waals surface area contributed by atoms with Gasteiger partial charge in [0.05, 0.1) is 24.4 Å². The maximum absolute atomic E-state index is 11.7. The Morgan fingerprint density at radius 3 is 2.29 bits per heavy atom. The summed E-state index contributed by atoms with van der Waals surface area (Å²) >= 11 is 5.88. The molecule has 1 saturated heterocycles. The summed E-state index contributed by atoms with van der Waals surface area (Å²) < 4.78 is 13.3. The SMILES string of the molecule is COc1ccc(Oc2ccc(N3C(=S)N[C@@H](c4ccccn4)[C@@H]3c3cccn3-c3cccc(C(=O)O)c3)cc2)cc1. The number of rotatable bonds is 8. The molecule has 3 heterocycles. The molecule has 8 nitrogen and oxygen atoms in total. The molecule has 2 aromatic heterocycles. The van der Waals surface area contributed by atoms with Gasteiger partial charge in [-0.05, 0) is 103 Å². The number of thiocarbonyl (C=S) groups is 1. The molecule has 1 fully saturated rings. The second kappa shape index (κ2) is 11.1. The first-order valence-electron chi connectivity index (χ1n) is 13.0. The minimum Gasteiger partial charge on any atom is -0.497 e. The van der Waals surface area contributed by atoms with Gasteiger partial charge in [0.25, 0.3) is 0 Å². The third kappa shape index (κ3) is 5.22. The van der Waals surface area contributed by atoms with Crippen LogP contribution < -0.4 is 19.7 Å². The molecule has 3 aromatic carbocycles. The van der Waals surface area contributed by atoms with Crippen molar-refractivity contribution in [1.29, 1.82) is 0 Å². The highest BCUT2D eigenvalue weighted by Gasteiger charge is 2.42. The Morgan fingerprint density at radius 2 is 1.61 bits per heavy atom. The summed E-state index contributed by atoms with van der Waals surface area (Å²) in [5.41, 5.74) is 3.60. The molecular weight excluding hydrogens is 536 g/mol. The van der Waals surface area contributed by atoms with Gasteiger partial charge in [-0.1, -0.05) is 12.1 Å². The van der Waals surface area contributed by atoms with Crippen LogP contribution >= 0.6 is 12.2 Å². The highest BCUT2D eigenvalue weighted by molar-refractivity contribution is 7.80. The number of hydrogen-bond acceptors (Lipinski definition) is 5. The van der Waals surface area contributed by atoms with E-state index in [1.54, 1.807) is 31.5 Å². The Balaban J connectivity index is 1.38. The third-order valence-electron chi connectivity index (χ3n) is 6.96. The second-order valence-corrected chi connectivity index (χ2v) is 9.81. The number of carboxylic acid groups (broad SMARTS) is 1. The number of ether oxygens (including phenoxy) is 2. The van der Waals surface area contributed by atoms with E-state index >= 15 is 0 Å². The molecular formula is C32H26N4O4S. The smallest absolute Gasteiger partial charge is 0.335 e. The minimum absolute atomic E-state index is 0.216. The number of aromatic carboxylic acids is 1. The van der Waals surface area contributed by atoms with Gasteiger partial charge >= 0.3 is 5.97 Å². The number of carbonyl (C=O) groups is 1. The predicted octanol–water partition coefficient (Wildman–Crippen LogP) is 6.55. The molecule has 41 heavy (non-hydrogen) atoms. The van der Waals surface area contributed by atoms with Crippen molar-refractivity contribution >= 4 is 29.0 Å². The molecule has 1 aliphatic heterocycles. The molecule has 9 heteroatoms. The zero-order valence-corrected chi connectivity index (χ0v) is 22.9. The predicted molar refractivity (Wildman–Crippen MR) is 160 cm³/mol. The Labute approximate surface area is 242 Å². The van der Waals surface area contributed by atoms with E-state index in [1.807, 2.05) is 95.7 Å². The lowest BCUT2D eigenvalue weighted by Crippen LogP contribution is -2.30. The van der Waals surface area contributed by atoms with Crippen LogP contribution in [0.1, 0.15) is 33.8 Å². The van der Waals surface area contributed by atoms with Crippen molar-refractivity contribution < 1.29 is 19.4 Å². The lowest BCUT2D eigenvalue weighted by molar-refractivity contribution is 0.0697. The molecule has 2 N–H and O–H groups in total. The van der Waals surface area contributed by atoms with Crippen molar-refractivity contribution in [2.75, 3.05) is 12.0 Å². The zero-order valence-electron chi connectivity index (χ0n) is 22.0. The van der Waals surface area contributed by atoms with Crippen LogP contribution in [0.25, 0.3) is 5.69 Å². The molecule has 1 aliphatic rings. The molecule has 0 amide bonds. The van der Waals surface area contributed by atoms with Gasteiger partial charge in [0.2, 0.25) is 0 Å². The van der Waals surface area contributed by atoms with E-state index in [2.05, 4.69) is 15.2 Å². The van der Waals surface area contributed by atoms with E-state index in [0.29, 0.717) is 16.6 Å². The molecule has 0 radical (unpaired) electrons. The van der Waals surface area contributed by atoms with E-state index in [1.165, 1.54) is 0 Å². The van der Waals surface area contributed by atoms with Crippen molar-refractivity contribution in [3.05, 3.63) is 132 Å². The summed E-state index contributed by atoms with van der Waals surface area (Å²) in [7, 11) is 1.63. The van der Waals surface area contributed by atoms with Crippen molar-refractivity contribution in [2.24, 2.45) is 0 Å². The van der Waals surface area contributed by atoms with E-state index < -0.39 is 5.97 Å². The average Bonchev–Trinajstić information content (AvgIpc) is 3.63. The summed E-state index contributed by atoms with van der Waals surface area (Å²) in [5.74, 6) is 1.17. The molecule has 5 aromatic rings. The summed E-state index contributed by atoms with van der Waals surface area (Å²) in [5, 5.41) is 13.6. The van der Waals surface area contributed by atoms with E-state index in [-0.39, 0.29) is 17.6 Å². The first kappa shape index (κ1) is 26.1. The van der Waals surface area contributed by atoms with Gasteiger partial charge in [0.15, 0.2) is 5.11 Å². The molecule has 0 unspecified atom stereocenters. The summed E-state index contributed by atoms with van der Waals surface area (Å²) in [6.45, 7) is 0. The van der Waals surface area contributed by atoms with E-state index in [4.69, 9.17) is 21.7 Å². The summed E-state index contributed by atoms with van der Waals surface area (Å²) in [4.78, 5) is 18.4. The first-order valence-corrected chi connectivity index (χ1v) is 13.4. The second-order valence-electron chi connectivity index (χ2n) is 9.43.